The molecule has 0 saturated carbocycles. The van der Waals surface area contributed by atoms with Gasteiger partial charge in [0.05, 0.1) is 6.04 Å². The Morgan fingerprint density at radius 2 is 1.79 bits per heavy atom. The number of hydrogen-bond acceptors (Lipinski definition) is 5. The standard InChI is InChI=1S/C15H31N5O2.C2H6/c1-3-20-12-5-4-7-13(20)15(22)18-11-10-17-14(21)8-6-9-19-16-2;1-2/h13,16,19H,3-12H2,1-2H3,(H,17,21)(H,18,22);1-2H3. The molecule has 1 fully saturated rings. The Kier molecular flexibility index (Phi) is 14.6. The minimum Gasteiger partial charge on any atom is -0.354 e. The summed E-state index contributed by atoms with van der Waals surface area (Å²) in [6, 6.07) is 0.00192. The second kappa shape index (κ2) is 15.4. The first kappa shape index (κ1) is 22.8. The van der Waals surface area contributed by atoms with Crippen LogP contribution in [0.3, 0.4) is 0 Å². The molecule has 7 nitrogen and oxygen atoms in total. The molecule has 24 heavy (non-hydrogen) atoms. The molecule has 1 aliphatic rings. The molecule has 1 atom stereocenters. The van der Waals surface area contributed by atoms with Crippen molar-refractivity contribution in [3.05, 3.63) is 0 Å². The van der Waals surface area contributed by atoms with Crippen LogP contribution >= 0.6 is 0 Å². The average molecular weight is 344 g/mol. The van der Waals surface area contributed by atoms with E-state index in [2.05, 4.69) is 33.3 Å². The molecule has 0 aliphatic carbocycles. The fourth-order valence-corrected chi connectivity index (χ4v) is 2.72. The number of nitrogens with zero attached hydrogens (tertiary/aromatic N) is 1. The van der Waals surface area contributed by atoms with E-state index in [1.165, 1.54) is 6.42 Å². The van der Waals surface area contributed by atoms with Gasteiger partial charge in [0.2, 0.25) is 11.8 Å². The predicted octanol–water partition coefficient (Wildman–Crippen LogP) is 0.624. The molecular weight excluding hydrogens is 306 g/mol. The third kappa shape index (κ3) is 9.85. The van der Waals surface area contributed by atoms with Crippen molar-refractivity contribution in [2.75, 3.05) is 39.8 Å². The molecule has 0 radical (unpaired) electrons. The largest absolute Gasteiger partial charge is 0.354 e. The van der Waals surface area contributed by atoms with Crippen LogP contribution in [0, 0.1) is 0 Å². The van der Waals surface area contributed by atoms with Crippen LogP contribution in [0.1, 0.15) is 52.9 Å². The highest BCUT2D eigenvalue weighted by molar-refractivity contribution is 5.82. The molecular formula is C17H37N5O2. The van der Waals surface area contributed by atoms with Gasteiger partial charge in [0.25, 0.3) is 0 Å². The lowest BCUT2D eigenvalue weighted by molar-refractivity contribution is -0.128. The third-order valence-corrected chi connectivity index (χ3v) is 3.95. The SMILES string of the molecule is CC.CCN1CCCCC1C(=O)NCCNC(=O)CCCNNC. The lowest BCUT2D eigenvalue weighted by Crippen LogP contribution is -2.50. The fraction of sp³-hybridized carbons (Fsp3) is 0.882. The van der Waals surface area contributed by atoms with Gasteiger partial charge in [0.15, 0.2) is 0 Å². The zero-order valence-electron chi connectivity index (χ0n) is 15.9. The number of likely N-dealkylation sites (tertiary alicyclic amines) is 1. The molecule has 1 saturated heterocycles. The summed E-state index contributed by atoms with van der Waals surface area (Å²) in [5, 5.41) is 5.76. The second-order valence-electron chi connectivity index (χ2n) is 5.56. The van der Waals surface area contributed by atoms with Gasteiger partial charge in [-0.25, -0.2) is 0 Å². The van der Waals surface area contributed by atoms with Crippen LogP contribution in [0.15, 0.2) is 0 Å². The van der Waals surface area contributed by atoms with Crippen molar-refractivity contribution in [1.82, 2.24) is 26.4 Å². The average Bonchev–Trinajstić information content (AvgIpc) is 2.63. The zero-order valence-corrected chi connectivity index (χ0v) is 15.9. The minimum atomic E-state index is 0.00192. The maximum Gasteiger partial charge on any atom is 0.237 e. The quantitative estimate of drug-likeness (QED) is 0.345. The summed E-state index contributed by atoms with van der Waals surface area (Å²) in [7, 11) is 1.80. The Labute approximate surface area is 147 Å². The number of nitrogens with one attached hydrogen (secondary N) is 4. The number of hydrazine groups is 1. The van der Waals surface area contributed by atoms with Gasteiger partial charge in [0.1, 0.15) is 0 Å². The molecule has 1 unspecified atom stereocenters. The van der Waals surface area contributed by atoms with Crippen LogP contribution < -0.4 is 21.5 Å². The molecule has 7 heteroatoms. The molecule has 4 N–H and O–H groups in total. The molecule has 1 rings (SSSR count). The lowest BCUT2D eigenvalue weighted by atomic mass is 10.0. The normalized spacial score (nSPS) is 17.6. The molecule has 0 aromatic heterocycles. The van der Waals surface area contributed by atoms with Crippen LogP contribution in [0.4, 0.5) is 0 Å². The number of hydrogen-bond donors (Lipinski definition) is 4. The maximum atomic E-state index is 12.2. The fourth-order valence-electron chi connectivity index (χ4n) is 2.72. The van der Waals surface area contributed by atoms with E-state index >= 15 is 0 Å². The van der Waals surface area contributed by atoms with Crippen molar-refractivity contribution in [3.63, 3.8) is 0 Å². The van der Waals surface area contributed by atoms with Crippen molar-refractivity contribution in [2.45, 2.75) is 58.9 Å². The number of rotatable bonds is 10. The van der Waals surface area contributed by atoms with E-state index in [1.54, 1.807) is 7.05 Å². The van der Waals surface area contributed by atoms with E-state index < -0.39 is 0 Å². The van der Waals surface area contributed by atoms with Gasteiger partial charge in [0, 0.05) is 26.1 Å². The summed E-state index contributed by atoms with van der Waals surface area (Å²) in [4.78, 5) is 26.0. The van der Waals surface area contributed by atoms with Crippen molar-refractivity contribution in [1.29, 1.82) is 0 Å². The Balaban J connectivity index is 0.00000254. The van der Waals surface area contributed by atoms with E-state index in [4.69, 9.17) is 0 Å². The Morgan fingerprint density at radius 1 is 1.08 bits per heavy atom. The van der Waals surface area contributed by atoms with Gasteiger partial charge in [-0.1, -0.05) is 27.2 Å². The zero-order chi connectivity index (χ0) is 18.2. The van der Waals surface area contributed by atoms with Gasteiger partial charge in [-0.15, -0.1) is 0 Å². The topological polar surface area (TPSA) is 85.5 Å². The van der Waals surface area contributed by atoms with E-state index in [-0.39, 0.29) is 17.9 Å². The first-order chi connectivity index (χ1) is 11.7. The van der Waals surface area contributed by atoms with E-state index in [0.29, 0.717) is 19.5 Å². The van der Waals surface area contributed by atoms with Crippen molar-refractivity contribution >= 4 is 11.8 Å². The summed E-state index contributed by atoms with van der Waals surface area (Å²) in [5.41, 5.74) is 5.75. The molecule has 0 aromatic rings. The molecule has 0 spiro atoms. The van der Waals surface area contributed by atoms with Crippen LogP contribution in [0.25, 0.3) is 0 Å². The summed E-state index contributed by atoms with van der Waals surface area (Å²) < 4.78 is 0. The number of carbonyl (C=O) groups excluding carboxylic acids is 2. The highest BCUT2D eigenvalue weighted by atomic mass is 16.2. The molecule has 0 aromatic carbocycles. The van der Waals surface area contributed by atoms with E-state index in [0.717, 1.165) is 38.9 Å². The molecule has 2 amide bonds. The summed E-state index contributed by atoms with van der Waals surface area (Å²) in [6.07, 6.45) is 4.51. The summed E-state index contributed by atoms with van der Waals surface area (Å²) in [6.45, 7) is 9.75. The maximum absolute atomic E-state index is 12.2. The Bertz CT molecular complexity index is 339. The highest BCUT2D eigenvalue weighted by Gasteiger charge is 2.26. The lowest BCUT2D eigenvalue weighted by Gasteiger charge is -2.33. The summed E-state index contributed by atoms with van der Waals surface area (Å²) >= 11 is 0. The number of piperidine rings is 1. The molecule has 1 aliphatic heterocycles. The van der Waals surface area contributed by atoms with Crippen molar-refractivity contribution in [2.24, 2.45) is 0 Å². The van der Waals surface area contributed by atoms with Crippen LogP contribution in [-0.4, -0.2) is 62.5 Å². The first-order valence-electron chi connectivity index (χ1n) is 9.37. The van der Waals surface area contributed by atoms with E-state index in [1.807, 2.05) is 13.8 Å². The van der Waals surface area contributed by atoms with Gasteiger partial charge in [-0.2, -0.15) is 0 Å². The summed E-state index contributed by atoms with van der Waals surface area (Å²) in [5.74, 6) is 0.119. The number of amides is 2. The molecule has 142 valence electrons. The Morgan fingerprint density at radius 3 is 2.46 bits per heavy atom. The minimum absolute atomic E-state index is 0.00192. The van der Waals surface area contributed by atoms with Gasteiger partial charge < -0.3 is 10.6 Å². The molecule has 1 heterocycles. The van der Waals surface area contributed by atoms with Crippen LogP contribution in [-0.2, 0) is 9.59 Å². The van der Waals surface area contributed by atoms with Crippen molar-refractivity contribution < 1.29 is 9.59 Å². The Hall–Kier alpha value is -1.18. The van der Waals surface area contributed by atoms with Crippen LogP contribution in [0.5, 0.6) is 0 Å². The smallest absolute Gasteiger partial charge is 0.237 e. The number of carbonyl (C=O) groups is 2. The second-order valence-corrected chi connectivity index (χ2v) is 5.56. The first-order valence-corrected chi connectivity index (χ1v) is 9.37. The van der Waals surface area contributed by atoms with Gasteiger partial charge in [-0.05, 0) is 39.4 Å². The van der Waals surface area contributed by atoms with Crippen molar-refractivity contribution in [3.8, 4) is 0 Å². The predicted molar refractivity (Wildman–Crippen MR) is 98.5 cm³/mol. The van der Waals surface area contributed by atoms with Gasteiger partial charge >= 0.3 is 0 Å². The third-order valence-electron chi connectivity index (χ3n) is 3.95. The monoisotopic (exact) mass is 343 g/mol. The number of likely N-dealkylation sites (N-methyl/N-ethyl adjacent to an activating group) is 1. The highest BCUT2D eigenvalue weighted by Crippen LogP contribution is 2.16. The van der Waals surface area contributed by atoms with Gasteiger partial charge in [-0.3, -0.25) is 25.3 Å². The van der Waals surface area contributed by atoms with Crippen LogP contribution in [0.2, 0.25) is 0 Å². The molecule has 0 bridgehead atoms. The van der Waals surface area contributed by atoms with E-state index in [9.17, 15) is 9.59 Å².